The number of nitro benzene ring substituents is 1. The first-order valence-corrected chi connectivity index (χ1v) is 12.6. The van der Waals surface area contributed by atoms with Gasteiger partial charge in [-0.2, -0.15) is 0 Å². The number of aromatic nitrogens is 1. The Labute approximate surface area is 205 Å². The summed E-state index contributed by atoms with van der Waals surface area (Å²) in [4.78, 5) is 43.2. The van der Waals surface area contributed by atoms with Crippen molar-refractivity contribution in [3.05, 3.63) is 80.3 Å². The topological polar surface area (TPSA) is 105 Å². The van der Waals surface area contributed by atoms with Crippen molar-refractivity contribution in [1.82, 2.24) is 15.2 Å². The second kappa shape index (κ2) is 10.8. The SMILES string of the molecule is Cc1csc(Sc2ccc(C(=O)NCc3cccc(C(=O)N4CCCCC4)c3)cc2[N+](=O)[O-])n1. The molecule has 3 aromatic rings. The highest BCUT2D eigenvalue weighted by molar-refractivity contribution is 8.01. The molecule has 2 heterocycles. The van der Waals surface area contributed by atoms with Crippen molar-refractivity contribution < 1.29 is 14.5 Å². The normalized spacial score (nSPS) is 13.5. The molecule has 0 saturated carbocycles. The van der Waals surface area contributed by atoms with Crippen molar-refractivity contribution in [2.24, 2.45) is 0 Å². The quantitative estimate of drug-likeness (QED) is 0.362. The van der Waals surface area contributed by atoms with Crippen molar-refractivity contribution in [2.75, 3.05) is 13.1 Å². The van der Waals surface area contributed by atoms with E-state index >= 15 is 0 Å². The number of nitrogens with zero attached hydrogens (tertiary/aromatic N) is 3. The molecule has 0 spiro atoms. The second-order valence-electron chi connectivity index (χ2n) is 8.03. The van der Waals surface area contributed by atoms with E-state index in [1.54, 1.807) is 30.3 Å². The summed E-state index contributed by atoms with van der Waals surface area (Å²) in [6.45, 7) is 3.62. The molecule has 0 aliphatic carbocycles. The fourth-order valence-electron chi connectivity index (χ4n) is 3.74. The lowest BCUT2D eigenvalue weighted by molar-refractivity contribution is -0.387. The molecule has 2 amide bonds. The molecule has 0 unspecified atom stereocenters. The van der Waals surface area contributed by atoms with Crippen LogP contribution in [0.1, 0.15) is 51.2 Å². The van der Waals surface area contributed by atoms with Gasteiger partial charge in [-0.25, -0.2) is 4.98 Å². The largest absolute Gasteiger partial charge is 0.348 e. The van der Waals surface area contributed by atoms with E-state index in [1.165, 1.54) is 29.2 Å². The Balaban J connectivity index is 1.43. The number of carbonyl (C=O) groups is 2. The van der Waals surface area contributed by atoms with Gasteiger partial charge in [-0.3, -0.25) is 19.7 Å². The molecule has 176 valence electrons. The van der Waals surface area contributed by atoms with E-state index in [1.807, 2.05) is 23.3 Å². The average molecular weight is 497 g/mol. The van der Waals surface area contributed by atoms with Crippen LogP contribution < -0.4 is 5.32 Å². The average Bonchev–Trinajstić information content (AvgIpc) is 3.27. The van der Waals surface area contributed by atoms with Gasteiger partial charge in [0.2, 0.25) is 0 Å². The van der Waals surface area contributed by atoms with Crippen molar-refractivity contribution in [1.29, 1.82) is 0 Å². The second-order valence-corrected chi connectivity index (χ2v) is 10.2. The Hall–Kier alpha value is -3.24. The Kier molecular flexibility index (Phi) is 7.59. The van der Waals surface area contributed by atoms with Crippen LogP contribution in [0.4, 0.5) is 5.69 Å². The zero-order valence-corrected chi connectivity index (χ0v) is 20.3. The number of carbonyl (C=O) groups excluding carboxylic acids is 2. The van der Waals surface area contributed by atoms with Gasteiger partial charge in [-0.15, -0.1) is 11.3 Å². The predicted octanol–water partition coefficient (Wildman–Crippen LogP) is 5.07. The molecule has 4 rings (SSSR count). The fraction of sp³-hybridized carbons (Fsp3) is 0.292. The molecule has 1 fully saturated rings. The van der Waals surface area contributed by atoms with Crippen LogP contribution in [-0.4, -0.2) is 39.7 Å². The van der Waals surface area contributed by atoms with Gasteiger partial charge < -0.3 is 10.2 Å². The van der Waals surface area contributed by atoms with Gasteiger partial charge in [-0.05, 0) is 56.0 Å². The molecule has 1 N–H and O–H groups in total. The number of hydrogen-bond acceptors (Lipinski definition) is 7. The molecule has 1 aliphatic heterocycles. The molecule has 2 aromatic carbocycles. The van der Waals surface area contributed by atoms with Crippen LogP contribution in [0.15, 0.2) is 57.1 Å². The Morgan fingerprint density at radius 3 is 2.65 bits per heavy atom. The van der Waals surface area contributed by atoms with Crippen molar-refractivity contribution >= 4 is 40.6 Å². The van der Waals surface area contributed by atoms with Gasteiger partial charge in [0, 0.05) is 47.9 Å². The molecule has 1 aliphatic rings. The van der Waals surface area contributed by atoms with Gasteiger partial charge >= 0.3 is 0 Å². The van der Waals surface area contributed by atoms with E-state index in [-0.39, 0.29) is 23.7 Å². The first-order valence-electron chi connectivity index (χ1n) is 11.0. The molecule has 34 heavy (non-hydrogen) atoms. The first-order chi connectivity index (χ1) is 16.4. The summed E-state index contributed by atoms with van der Waals surface area (Å²) in [6, 6.07) is 11.6. The maximum absolute atomic E-state index is 12.7. The zero-order valence-electron chi connectivity index (χ0n) is 18.7. The maximum Gasteiger partial charge on any atom is 0.284 e. The highest BCUT2D eigenvalue weighted by Gasteiger charge is 2.20. The summed E-state index contributed by atoms with van der Waals surface area (Å²) in [6.07, 6.45) is 3.20. The van der Waals surface area contributed by atoms with Crippen molar-refractivity contribution in [2.45, 2.75) is 42.0 Å². The highest BCUT2D eigenvalue weighted by Crippen LogP contribution is 2.36. The van der Waals surface area contributed by atoms with Crippen molar-refractivity contribution in [3.63, 3.8) is 0 Å². The predicted molar refractivity (Wildman–Crippen MR) is 131 cm³/mol. The molecule has 0 atom stereocenters. The minimum atomic E-state index is -0.491. The lowest BCUT2D eigenvalue weighted by Gasteiger charge is -2.26. The van der Waals surface area contributed by atoms with Crippen LogP contribution >= 0.6 is 23.1 Å². The van der Waals surface area contributed by atoms with Crippen LogP contribution in [0.2, 0.25) is 0 Å². The summed E-state index contributed by atoms with van der Waals surface area (Å²) in [5.74, 6) is -0.412. The smallest absolute Gasteiger partial charge is 0.284 e. The van der Waals surface area contributed by atoms with E-state index in [4.69, 9.17) is 0 Å². The third-order valence-electron chi connectivity index (χ3n) is 5.48. The number of nitro groups is 1. The summed E-state index contributed by atoms with van der Waals surface area (Å²) in [7, 11) is 0. The lowest BCUT2D eigenvalue weighted by Crippen LogP contribution is -2.35. The van der Waals surface area contributed by atoms with Gasteiger partial charge in [0.05, 0.1) is 9.82 Å². The summed E-state index contributed by atoms with van der Waals surface area (Å²) >= 11 is 2.62. The van der Waals surface area contributed by atoms with Crippen LogP contribution in [0.25, 0.3) is 0 Å². The molecule has 1 aromatic heterocycles. The number of piperidine rings is 1. The number of aryl methyl sites for hydroxylation is 1. The monoisotopic (exact) mass is 496 g/mol. The third-order valence-corrected chi connectivity index (χ3v) is 7.60. The van der Waals surface area contributed by atoms with Gasteiger partial charge in [-0.1, -0.05) is 23.9 Å². The van der Waals surface area contributed by atoms with Gasteiger partial charge in [0.1, 0.15) is 0 Å². The minimum absolute atomic E-state index is 0.00649. The third kappa shape index (κ3) is 5.81. The molecule has 0 bridgehead atoms. The van der Waals surface area contributed by atoms with E-state index in [2.05, 4.69) is 10.3 Å². The number of hydrogen-bond donors (Lipinski definition) is 1. The number of likely N-dealkylation sites (tertiary alicyclic amines) is 1. The molecular formula is C24H24N4O4S2. The van der Waals surface area contributed by atoms with Crippen LogP contribution in [-0.2, 0) is 6.54 Å². The summed E-state index contributed by atoms with van der Waals surface area (Å²) in [5.41, 5.74) is 2.31. The highest BCUT2D eigenvalue weighted by atomic mass is 32.2. The van der Waals surface area contributed by atoms with Crippen LogP contribution in [0.3, 0.4) is 0 Å². The number of benzene rings is 2. The number of thiazole rings is 1. The molecule has 10 heteroatoms. The van der Waals surface area contributed by atoms with E-state index in [0.29, 0.717) is 14.8 Å². The Morgan fingerprint density at radius 2 is 1.94 bits per heavy atom. The Bertz CT molecular complexity index is 1220. The molecular weight excluding hydrogens is 472 g/mol. The van der Waals surface area contributed by atoms with Crippen LogP contribution in [0, 0.1) is 17.0 Å². The summed E-state index contributed by atoms with van der Waals surface area (Å²) in [5, 5.41) is 16.3. The van der Waals surface area contributed by atoms with Gasteiger partial charge in [0.25, 0.3) is 17.5 Å². The van der Waals surface area contributed by atoms with E-state index in [0.717, 1.165) is 43.6 Å². The molecule has 0 radical (unpaired) electrons. The van der Waals surface area contributed by atoms with Gasteiger partial charge in [0.15, 0.2) is 4.34 Å². The minimum Gasteiger partial charge on any atom is -0.348 e. The summed E-state index contributed by atoms with van der Waals surface area (Å²) < 4.78 is 0.705. The molecule has 1 saturated heterocycles. The zero-order chi connectivity index (χ0) is 24.1. The Morgan fingerprint density at radius 1 is 1.15 bits per heavy atom. The number of amides is 2. The van der Waals surface area contributed by atoms with E-state index in [9.17, 15) is 19.7 Å². The number of rotatable bonds is 7. The maximum atomic E-state index is 12.7. The fourth-order valence-corrected chi connectivity index (χ4v) is 5.62. The number of nitrogens with one attached hydrogen (secondary N) is 1. The first kappa shape index (κ1) is 23.9. The standard InChI is InChI=1S/C24H24N4O4S2/c1-16-15-33-24(26-16)34-21-9-8-18(13-20(21)28(31)32)22(29)25-14-17-6-5-7-19(12-17)23(30)27-10-3-2-4-11-27/h5-9,12-13,15H,2-4,10-11,14H2,1H3,(H,25,29). The lowest BCUT2D eigenvalue weighted by atomic mass is 10.1. The van der Waals surface area contributed by atoms with Crippen LogP contribution in [0.5, 0.6) is 0 Å². The van der Waals surface area contributed by atoms with Crippen molar-refractivity contribution in [3.8, 4) is 0 Å². The van der Waals surface area contributed by atoms with E-state index < -0.39 is 10.8 Å². The molecule has 8 nitrogen and oxygen atoms in total.